The van der Waals surface area contributed by atoms with Crippen LogP contribution in [0.1, 0.15) is 12.0 Å². The first-order valence-corrected chi connectivity index (χ1v) is 11.7. The first kappa shape index (κ1) is 23.2. The zero-order chi connectivity index (χ0) is 21.5. The van der Waals surface area contributed by atoms with Crippen LogP contribution in [0.3, 0.4) is 0 Å². The molecule has 164 valence electrons. The molecule has 0 bridgehead atoms. The second kappa shape index (κ2) is 11.2. The predicted octanol–water partition coefficient (Wildman–Crippen LogP) is 2.47. The minimum Gasteiger partial charge on any atom is -0.481 e. The topological polar surface area (TPSA) is 90.9 Å². The van der Waals surface area contributed by atoms with E-state index in [2.05, 4.69) is 15.5 Å². The van der Waals surface area contributed by atoms with E-state index >= 15 is 0 Å². The molecular formula is C19H23ClFN3O4S2. The van der Waals surface area contributed by atoms with Gasteiger partial charge in [0.1, 0.15) is 10.5 Å². The smallest absolute Gasteiger partial charge is 0.309 e. The van der Waals surface area contributed by atoms with Gasteiger partial charge in [-0.25, -0.2) is 4.39 Å². The highest BCUT2D eigenvalue weighted by Gasteiger charge is 2.23. The third-order valence-electron chi connectivity index (χ3n) is 4.48. The maximum atomic E-state index is 13.3. The highest BCUT2D eigenvalue weighted by Crippen LogP contribution is 2.30. The Labute approximate surface area is 187 Å². The van der Waals surface area contributed by atoms with Crippen molar-refractivity contribution in [3.63, 3.8) is 0 Å². The Hall–Kier alpha value is -1.46. The number of carboxylic acid groups (broad SMARTS) is 1. The number of ether oxygens (including phenoxy) is 1. The van der Waals surface area contributed by atoms with Crippen molar-refractivity contribution in [2.45, 2.75) is 23.8 Å². The summed E-state index contributed by atoms with van der Waals surface area (Å²) in [6, 6.07) is 4.72. The quantitative estimate of drug-likeness (QED) is 0.502. The van der Waals surface area contributed by atoms with Gasteiger partial charge in [0.2, 0.25) is 5.91 Å². The normalized spacial score (nSPS) is 21.7. The molecule has 30 heavy (non-hydrogen) atoms. The number of amides is 1. The van der Waals surface area contributed by atoms with Crippen molar-refractivity contribution in [2.24, 2.45) is 0 Å². The molecule has 1 unspecified atom stereocenters. The first-order valence-electron chi connectivity index (χ1n) is 9.38. The number of hydrogen-bond acceptors (Lipinski definition) is 7. The number of carbonyl (C=O) groups is 2. The molecule has 2 atom stereocenters. The number of benzene rings is 1. The van der Waals surface area contributed by atoms with Crippen LogP contribution in [-0.4, -0.2) is 64.7 Å². The molecule has 2 aliphatic heterocycles. The highest BCUT2D eigenvalue weighted by atomic mass is 35.5. The summed E-state index contributed by atoms with van der Waals surface area (Å²) < 4.78 is 19.0. The van der Waals surface area contributed by atoms with Crippen LogP contribution in [0, 0.1) is 5.82 Å². The van der Waals surface area contributed by atoms with Crippen LogP contribution in [0.15, 0.2) is 29.3 Å². The van der Waals surface area contributed by atoms with E-state index in [-0.39, 0.29) is 33.9 Å². The van der Waals surface area contributed by atoms with Crippen molar-refractivity contribution < 1.29 is 23.8 Å². The standard InChI is InChI=1S/C19H23ClFN3O4S2/c20-15-5-12(1-2-16(15)21)8-24-3-4-28-14(9-24)7-22-17(25)11-30-19-23-13(10-29-19)6-18(26)27/h1-2,5,10,14,19,23H,3-4,6-9,11H2,(H,22,25)(H,26,27)/t14-,19?/m0/s1. The second-order valence-electron chi connectivity index (χ2n) is 6.92. The van der Waals surface area contributed by atoms with Gasteiger partial charge in [0.15, 0.2) is 0 Å². The van der Waals surface area contributed by atoms with Gasteiger partial charge in [-0.05, 0) is 23.1 Å². The summed E-state index contributed by atoms with van der Waals surface area (Å²) in [5.41, 5.74) is 1.59. The average Bonchev–Trinajstić information content (AvgIpc) is 3.14. The Bertz CT molecular complexity index is 814. The molecule has 0 radical (unpaired) electrons. The van der Waals surface area contributed by atoms with Crippen LogP contribution in [0.5, 0.6) is 0 Å². The molecule has 0 aromatic heterocycles. The van der Waals surface area contributed by atoms with Crippen LogP contribution in [0.4, 0.5) is 4.39 Å². The van der Waals surface area contributed by atoms with Crippen LogP contribution >= 0.6 is 35.1 Å². The number of hydrogen-bond donors (Lipinski definition) is 3. The molecule has 1 fully saturated rings. The predicted molar refractivity (Wildman–Crippen MR) is 117 cm³/mol. The van der Waals surface area contributed by atoms with Gasteiger partial charge in [0.25, 0.3) is 0 Å². The Morgan fingerprint density at radius 1 is 1.47 bits per heavy atom. The maximum absolute atomic E-state index is 13.3. The molecule has 0 saturated carbocycles. The van der Waals surface area contributed by atoms with Crippen molar-refractivity contribution >= 4 is 47.0 Å². The van der Waals surface area contributed by atoms with E-state index in [1.807, 2.05) is 0 Å². The molecule has 2 aliphatic rings. The van der Waals surface area contributed by atoms with Crippen LogP contribution in [-0.2, 0) is 20.9 Å². The van der Waals surface area contributed by atoms with Crippen LogP contribution < -0.4 is 10.6 Å². The lowest BCUT2D eigenvalue weighted by Gasteiger charge is -2.33. The fourth-order valence-corrected chi connectivity index (χ4v) is 5.26. The summed E-state index contributed by atoms with van der Waals surface area (Å²) >= 11 is 8.73. The van der Waals surface area contributed by atoms with Gasteiger partial charge >= 0.3 is 5.97 Å². The highest BCUT2D eigenvalue weighted by molar-refractivity contribution is 8.18. The summed E-state index contributed by atoms with van der Waals surface area (Å²) in [6.45, 7) is 3.02. The number of nitrogens with zero attached hydrogens (tertiary/aromatic N) is 1. The van der Waals surface area contributed by atoms with E-state index in [0.717, 1.165) is 12.1 Å². The lowest BCUT2D eigenvalue weighted by Crippen LogP contribution is -2.47. The molecule has 1 saturated heterocycles. The average molecular weight is 476 g/mol. The second-order valence-corrected chi connectivity index (χ2v) is 9.70. The summed E-state index contributed by atoms with van der Waals surface area (Å²) in [7, 11) is 0. The van der Waals surface area contributed by atoms with Gasteiger partial charge in [-0.1, -0.05) is 29.4 Å². The lowest BCUT2D eigenvalue weighted by molar-refractivity contribution is -0.136. The van der Waals surface area contributed by atoms with Gasteiger partial charge in [0, 0.05) is 31.9 Å². The van der Waals surface area contributed by atoms with Gasteiger partial charge in [0.05, 0.1) is 29.9 Å². The van der Waals surface area contributed by atoms with Crippen molar-refractivity contribution in [3.05, 3.63) is 45.7 Å². The first-order chi connectivity index (χ1) is 14.4. The Balaban J connectivity index is 1.34. The lowest BCUT2D eigenvalue weighted by atomic mass is 10.2. The van der Waals surface area contributed by atoms with Crippen molar-refractivity contribution in [1.29, 1.82) is 0 Å². The van der Waals surface area contributed by atoms with E-state index in [4.69, 9.17) is 21.4 Å². The SMILES string of the molecule is O=C(O)CC1=CSC(SCC(=O)NC[C@H]2CN(Cc3ccc(F)c(Cl)c3)CCO2)N1. The Kier molecular flexibility index (Phi) is 8.70. The number of carboxylic acids is 1. The minimum absolute atomic E-state index is 0.0457. The molecular weight excluding hydrogens is 453 g/mol. The third kappa shape index (κ3) is 7.35. The number of rotatable bonds is 9. The minimum atomic E-state index is -0.887. The molecule has 1 aromatic rings. The third-order valence-corrected chi connectivity index (χ3v) is 7.15. The zero-order valence-electron chi connectivity index (χ0n) is 16.1. The zero-order valence-corrected chi connectivity index (χ0v) is 18.5. The van der Waals surface area contributed by atoms with Gasteiger partial charge in [-0.3, -0.25) is 14.5 Å². The molecule has 3 rings (SSSR count). The van der Waals surface area contributed by atoms with E-state index in [9.17, 15) is 14.0 Å². The molecule has 1 aromatic carbocycles. The monoisotopic (exact) mass is 475 g/mol. The fraction of sp³-hybridized carbons (Fsp3) is 0.474. The van der Waals surface area contributed by atoms with Gasteiger partial charge in [-0.15, -0.1) is 11.8 Å². The molecule has 0 spiro atoms. The number of carbonyl (C=O) groups excluding carboxylic acids is 1. The number of thioether (sulfide) groups is 2. The summed E-state index contributed by atoms with van der Waals surface area (Å²) in [5, 5.41) is 16.7. The number of halogens is 2. The summed E-state index contributed by atoms with van der Waals surface area (Å²) in [5.74, 6) is -1.15. The fourth-order valence-electron chi connectivity index (χ4n) is 3.07. The van der Waals surface area contributed by atoms with Crippen molar-refractivity contribution in [3.8, 4) is 0 Å². The van der Waals surface area contributed by atoms with Crippen molar-refractivity contribution in [1.82, 2.24) is 15.5 Å². The van der Waals surface area contributed by atoms with Crippen LogP contribution in [0.25, 0.3) is 0 Å². The molecule has 3 N–H and O–H groups in total. The van der Waals surface area contributed by atoms with Crippen LogP contribution in [0.2, 0.25) is 5.02 Å². The van der Waals surface area contributed by atoms with E-state index in [1.54, 1.807) is 17.5 Å². The molecule has 2 heterocycles. The Morgan fingerprint density at radius 2 is 2.30 bits per heavy atom. The van der Waals surface area contributed by atoms with Gasteiger partial charge in [-0.2, -0.15) is 0 Å². The van der Waals surface area contributed by atoms with Crippen molar-refractivity contribution in [2.75, 3.05) is 32.0 Å². The molecule has 7 nitrogen and oxygen atoms in total. The molecule has 11 heteroatoms. The summed E-state index contributed by atoms with van der Waals surface area (Å²) in [6.07, 6.45) is -0.165. The maximum Gasteiger partial charge on any atom is 0.309 e. The van der Waals surface area contributed by atoms with E-state index in [1.165, 1.54) is 29.6 Å². The molecule has 0 aliphatic carbocycles. The number of aliphatic carboxylic acids is 1. The number of morpholine rings is 1. The summed E-state index contributed by atoms with van der Waals surface area (Å²) in [4.78, 5) is 25.1. The van der Waals surface area contributed by atoms with E-state index < -0.39 is 11.8 Å². The number of nitrogens with one attached hydrogen (secondary N) is 2. The molecule has 1 amide bonds. The largest absolute Gasteiger partial charge is 0.481 e. The Morgan fingerprint density at radius 3 is 3.07 bits per heavy atom. The van der Waals surface area contributed by atoms with Gasteiger partial charge < -0.3 is 20.5 Å². The van der Waals surface area contributed by atoms with E-state index in [0.29, 0.717) is 31.9 Å².